The van der Waals surface area contributed by atoms with Gasteiger partial charge in [-0.25, -0.2) is 0 Å². The molecule has 1 aromatic carbocycles. The fraction of sp³-hybridized carbons (Fsp3) is 0.222. The van der Waals surface area contributed by atoms with E-state index in [0.717, 1.165) is 11.4 Å². The molecule has 1 aromatic rings. The lowest BCUT2D eigenvalue weighted by atomic mass is 10.2. The van der Waals surface area contributed by atoms with Crippen LogP contribution in [0.3, 0.4) is 0 Å². The maximum atomic E-state index is 4.67. The third-order valence-corrected chi connectivity index (χ3v) is 1.47. The number of oxime groups is 1. The van der Waals surface area contributed by atoms with Crippen molar-refractivity contribution in [1.82, 2.24) is 5.32 Å². The van der Waals surface area contributed by atoms with Gasteiger partial charge in [-0.1, -0.05) is 35.5 Å². The molecule has 0 radical (unpaired) electrons. The summed E-state index contributed by atoms with van der Waals surface area (Å²) in [5.41, 5.74) is 1.02. The van der Waals surface area contributed by atoms with E-state index in [1.54, 1.807) is 0 Å². The minimum atomic E-state index is 0.734. The van der Waals surface area contributed by atoms with Gasteiger partial charge in [-0.2, -0.15) is 0 Å². The third-order valence-electron chi connectivity index (χ3n) is 1.47. The van der Waals surface area contributed by atoms with Gasteiger partial charge in [0.25, 0.3) is 0 Å². The Morgan fingerprint density at radius 3 is 2.50 bits per heavy atom. The zero-order valence-electron chi connectivity index (χ0n) is 7.24. The van der Waals surface area contributed by atoms with Crippen LogP contribution >= 0.6 is 0 Å². The molecule has 0 fully saturated rings. The van der Waals surface area contributed by atoms with Crippen molar-refractivity contribution in [3.05, 3.63) is 35.9 Å². The lowest BCUT2D eigenvalue weighted by Gasteiger charge is -2.03. The van der Waals surface area contributed by atoms with E-state index in [9.17, 15) is 0 Å². The number of rotatable bonds is 2. The van der Waals surface area contributed by atoms with E-state index in [0.29, 0.717) is 0 Å². The summed E-state index contributed by atoms with van der Waals surface area (Å²) in [7, 11) is 3.34. The second-order valence-electron chi connectivity index (χ2n) is 2.24. The highest BCUT2D eigenvalue weighted by molar-refractivity contribution is 5.98. The van der Waals surface area contributed by atoms with Crippen LogP contribution in [-0.4, -0.2) is 20.0 Å². The van der Waals surface area contributed by atoms with Crippen molar-refractivity contribution in [2.75, 3.05) is 14.2 Å². The highest BCUT2D eigenvalue weighted by Crippen LogP contribution is 1.98. The van der Waals surface area contributed by atoms with Gasteiger partial charge in [0.1, 0.15) is 7.11 Å². The van der Waals surface area contributed by atoms with Crippen molar-refractivity contribution < 1.29 is 4.84 Å². The lowest BCUT2D eigenvalue weighted by molar-refractivity contribution is 0.212. The lowest BCUT2D eigenvalue weighted by Crippen LogP contribution is -2.19. The van der Waals surface area contributed by atoms with E-state index >= 15 is 0 Å². The van der Waals surface area contributed by atoms with Crippen LogP contribution in [0.5, 0.6) is 0 Å². The number of nitrogens with zero attached hydrogens (tertiary/aromatic N) is 1. The summed E-state index contributed by atoms with van der Waals surface area (Å²) in [6, 6.07) is 9.81. The van der Waals surface area contributed by atoms with E-state index in [2.05, 4.69) is 15.3 Å². The normalized spacial score (nSPS) is 11.0. The fourth-order valence-electron chi connectivity index (χ4n) is 0.930. The molecule has 0 aliphatic carbocycles. The van der Waals surface area contributed by atoms with Gasteiger partial charge in [0.2, 0.25) is 0 Å². The molecule has 3 nitrogen and oxygen atoms in total. The predicted molar refractivity (Wildman–Crippen MR) is 49.0 cm³/mol. The maximum Gasteiger partial charge on any atom is 0.172 e. The highest BCUT2D eigenvalue weighted by atomic mass is 16.6. The van der Waals surface area contributed by atoms with Crippen LogP contribution < -0.4 is 5.32 Å². The van der Waals surface area contributed by atoms with Crippen LogP contribution in [0.15, 0.2) is 35.5 Å². The standard InChI is InChI=1S/C9H12N2O/c1-10-9(11-12-2)8-6-4-3-5-7-8/h3-7H,1-2H3,(H,10,11). The van der Waals surface area contributed by atoms with Gasteiger partial charge in [0.05, 0.1) is 0 Å². The first-order chi connectivity index (χ1) is 5.88. The average Bonchev–Trinajstić information content (AvgIpc) is 2.15. The van der Waals surface area contributed by atoms with E-state index in [4.69, 9.17) is 0 Å². The Kier molecular flexibility index (Phi) is 3.14. The molecule has 0 atom stereocenters. The monoisotopic (exact) mass is 164 g/mol. The highest BCUT2D eigenvalue weighted by Gasteiger charge is 1.98. The summed E-state index contributed by atoms with van der Waals surface area (Å²) in [6.45, 7) is 0. The number of hydrogen-bond acceptors (Lipinski definition) is 2. The summed E-state index contributed by atoms with van der Waals surface area (Å²) in [6.07, 6.45) is 0. The molecular formula is C9H12N2O. The molecule has 0 unspecified atom stereocenters. The topological polar surface area (TPSA) is 33.6 Å². The number of hydrogen-bond donors (Lipinski definition) is 1. The zero-order valence-corrected chi connectivity index (χ0v) is 7.24. The van der Waals surface area contributed by atoms with Gasteiger partial charge in [0.15, 0.2) is 5.84 Å². The van der Waals surface area contributed by atoms with Gasteiger partial charge in [-0.3, -0.25) is 0 Å². The summed E-state index contributed by atoms with van der Waals surface area (Å²) in [5, 5.41) is 6.76. The Morgan fingerprint density at radius 1 is 1.33 bits per heavy atom. The van der Waals surface area contributed by atoms with Gasteiger partial charge in [0, 0.05) is 12.6 Å². The van der Waals surface area contributed by atoms with E-state index in [1.807, 2.05) is 37.4 Å². The summed E-state index contributed by atoms with van der Waals surface area (Å²) < 4.78 is 0. The Labute approximate surface area is 72.0 Å². The van der Waals surface area contributed by atoms with Crippen molar-refractivity contribution in [2.24, 2.45) is 5.16 Å². The molecule has 3 heteroatoms. The maximum absolute atomic E-state index is 4.67. The van der Waals surface area contributed by atoms with Crippen LogP contribution in [0.4, 0.5) is 0 Å². The first kappa shape index (κ1) is 8.59. The third kappa shape index (κ3) is 1.99. The molecule has 0 heterocycles. The summed E-state index contributed by atoms with van der Waals surface area (Å²) in [5.74, 6) is 0.734. The molecule has 0 aliphatic heterocycles. The van der Waals surface area contributed by atoms with Crippen molar-refractivity contribution in [1.29, 1.82) is 0 Å². The van der Waals surface area contributed by atoms with Crippen molar-refractivity contribution in [3.8, 4) is 0 Å². The van der Waals surface area contributed by atoms with Crippen LogP contribution in [-0.2, 0) is 4.84 Å². The van der Waals surface area contributed by atoms with Crippen LogP contribution in [0, 0.1) is 0 Å². The second kappa shape index (κ2) is 4.38. The second-order valence-corrected chi connectivity index (χ2v) is 2.24. The van der Waals surface area contributed by atoms with Gasteiger partial charge < -0.3 is 10.2 Å². The van der Waals surface area contributed by atoms with E-state index in [1.165, 1.54) is 7.11 Å². The van der Waals surface area contributed by atoms with Crippen molar-refractivity contribution >= 4 is 5.84 Å². The number of benzene rings is 1. The Morgan fingerprint density at radius 2 is 2.00 bits per heavy atom. The first-order valence-electron chi connectivity index (χ1n) is 3.73. The molecule has 1 N–H and O–H groups in total. The largest absolute Gasteiger partial charge is 0.397 e. The van der Waals surface area contributed by atoms with Crippen molar-refractivity contribution in [3.63, 3.8) is 0 Å². The molecule has 0 bridgehead atoms. The van der Waals surface area contributed by atoms with Crippen LogP contribution in [0.2, 0.25) is 0 Å². The smallest absolute Gasteiger partial charge is 0.172 e. The quantitative estimate of drug-likeness (QED) is 0.405. The first-order valence-corrected chi connectivity index (χ1v) is 3.73. The van der Waals surface area contributed by atoms with Crippen LogP contribution in [0.25, 0.3) is 0 Å². The summed E-state index contributed by atoms with van der Waals surface area (Å²) >= 11 is 0. The minimum Gasteiger partial charge on any atom is -0.397 e. The molecule has 1 rings (SSSR count). The van der Waals surface area contributed by atoms with E-state index in [-0.39, 0.29) is 0 Å². The SMILES string of the molecule is CNC(=NOC)c1ccccc1. The molecule has 0 saturated heterocycles. The molecular weight excluding hydrogens is 152 g/mol. The van der Waals surface area contributed by atoms with E-state index < -0.39 is 0 Å². The van der Waals surface area contributed by atoms with Crippen molar-refractivity contribution in [2.45, 2.75) is 0 Å². The van der Waals surface area contributed by atoms with Gasteiger partial charge >= 0.3 is 0 Å². The molecule has 0 amide bonds. The Bertz CT molecular complexity index is 256. The summed E-state index contributed by atoms with van der Waals surface area (Å²) in [4.78, 5) is 4.67. The molecule has 0 aromatic heterocycles. The molecule has 0 saturated carbocycles. The molecule has 0 spiro atoms. The molecule has 12 heavy (non-hydrogen) atoms. The number of nitrogens with one attached hydrogen (secondary N) is 1. The van der Waals surface area contributed by atoms with Gasteiger partial charge in [-0.15, -0.1) is 0 Å². The fourth-order valence-corrected chi connectivity index (χ4v) is 0.930. The predicted octanol–water partition coefficient (Wildman–Crippen LogP) is 1.21. The van der Waals surface area contributed by atoms with Crippen LogP contribution in [0.1, 0.15) is 5.56 Å². The minimum absolute atomic E-state index is 0.734. The van der Waals surface area contributed by atoms with Gasteiger partial charge in [-0.05, 0) is 0 Å². The zero-order chi connectivity index (χ0) is 8.81. The molecule has 0 aliphatic rings. The Hall–Kier alpha value is -1.51. The number of amidine groups is 1. The Balaban J connectivity index is 2.88. The molecule has 64 valence electrons. The average molecular weight is 164 g/mol.